The van der Waals surface area contributed by atoms with E-state index in [2.05, 4.69) is 10.3 Å². The van der Waals surface area contributed by atoms with Crippen molar-refractivity contribution in [1.82, 2.24) is 10.3 Å². The highest BCUT2D eigenvalue weighted by Crippen LogP contribution is 2.13. The van der Waals surface area contributed by atoms with E-state index in [1.165, 1.54) is 0 Å². The SMILES string of the molecule is NC(=O)[C@@H](Cc1ccc2ccccc2n1)NC(=O)c1ccccc1. The van der Waals surface area contributed by atoms with Gasteiger partial charge in [0.15, 0.2) is 0 Å². The lowest BCUT2D eigenvalue weighted by atomic mass is 10.1. The highest BCUT2D eigenvalue weighted by Gasteiger charge is 2.20. The van der Waals surface area contributed by atoms with Crippen molar-refractivity contribution in [3.8, 4) is 0 Å². The number of carbonyl (C=O) groups is 2. The number of aromatic nitrogens is 1. The second-order valence-electron chi connectivity index (χ2n) is 5.49. The predicted molar refractivity (Wildman–Crippen MR) is 92.3 cm³/mol. The largest absolute Gasteiger partial charge is 0.368 e. The highest BCUT2D eigenvalue weighted by atomic mass is 16.2. The second-order valence-corrected chi connectivity index (χ2v) is 5.49. The molecule has 24 heavy (non-hydrogen) atoms. The van der Waals surface area contributed by atoms with Gasteiger partial charge in [0.2, 0.25) is 5.91 Å². The monoisotopic (exact) mass is 319 g/mol. The number of pyridine rings is 1. The van der Waals surface area contributed by atoms with Crippen molar-refractivity contribution in [3.63, 3.8) is 0 Å². The van der Waals surface area contributed by atoms with Crippen LogP contribution in [0.25, 0.3) is 10.9 Å². The lowest BCUT2D eigenvalue weighted by Crippen LogP contribution is -2.46. The van der Waals surface area contributed by atoms with Gasteiger partial charge in [-0.05, 0) is 24.3 Å². The topological polar surface area (TPSA) is 85.1 Å². The number of primary amides is 1. The molecule has 120 valence electrons. The number of carbonyl (C=O) groups excluding carboxylic acids is 2. The van der Waals surface area contributed by atoms with Crippen LogP contribution in [0.4, 0.5) is 0 Å². The molecule has 0 aliphatic carbocycles. The van der Waals surface area contributed by atoms with E-state index >= 15 is 0 Å². The van der Waals surface area contributed by atoms with Gasteiger partial charge in [-0.3, -0.25) is 14.6 Å². The molecule has 0 aliphatic rings. The number of nitrogens with one attached hydrogen (secondary N) is 1. The van der Waals surface area contributed by atoms with Crippen molar-refractivity contribution < 1.29 is 9.59 Å². The molecule has 5 nitrogen and oxygen atoms in total. The van der Waals surface area contributed by atoms with Gasteiger partial charge in [-0.2, -0.15) is 0 Å². The summed E-state index contributed by atoms with van der Waals surface area (Å²) in [5.74, 6) is -0.922. The first-order valence-corrected chi connectivity index (χ1v) is 7.63. The number of hydrogen-bond donors (Lipinski definition) is 2. The molecule has 1 aromatic heterocycles. The standard InChI is InChI=1S/C19H17N3O2/c20-18(23)17(22-19(24)14-7-2-1-3-8-14)12-15-11-10-13-6-4-5-9-16(13)21-15/h1-11,17H,12H2,(H2,20,23)(H,22,24)/t17-/m1/s1. The van der Waals surface area contributed by atoms with Gasteiger partial charge in [0, 0.05) is 23.1 Å². The summed E-state index contributed by atoms with van der Waals surface area (Å²) in [5, 5.41) is 3.69. The molecule has 1 heterocycles. The van der Waals surface area contributed by atoms with Crippen LogP contribution >= 0.6 is 0 Å². The highest BCUT2D eigenvalue weighted by molar-refractivity contribution is 5.97. The van der Waals surface area contributed by atoms with E-state index in [0.29, 0.717) is 11.3 Å². The van der Waals surface area contributed by atoms with Crippen LogP contribution in [0.1, 0.15) is 16.1 Å². The van der Waals surface area contributed by atoms with Crippen LogP contribution in [0.2, 0.25) is 0 Å². The van der Waals surface area contributed by atoms with Gasteiger partial charge in [-0.25, -0.2) is 0 Å². The molecular weight excluding hydrogens is 302 g/mol. The van der Waals surface area contributed by atoms with Crippen LogP contribution in [-0.4, -0.2) is 22.8 Å². The number of rotatable bonds is 5. The summed E-state index contributed by atoms with van der Waals surface area (Å²) >= 11 is 0. The van der Waals surface area contributed by atoms with Crippen LogP contribution in [0, 0.1) is 0 Å². The van der Waals surface area contributed by atoms with Gasteiger partial charge >= 0.3 is 0 Å². The minimum absolute atomic E-state index is 0.249. The molecule has 0 spiro atoms. The quantitative estimate of drug-likeness (QED) is 0.755. The van der Waals surface area contributed by atoms with Crippen molar-refractivity contribution in [2.75, 3.05) is 0 Å². The number of nitrogens with zero attached hydrogens (tertiary/aromatic N) is 1. The number of para-hydroxylation sites is 1. The molecule has 0 saturated carbocycles. The molecule has 2 aromatic carbocycles. The van der Waals surface area contributed by atoms with Gasteiger partial charge in [0.1, 0.15) is 6.04 Å². The third-order valence-corrected chi connectivity index (χ3v) is 3.75. The Morgan fingerprint density at radius 2 is 1.67 bits per heavy atom. The summed E-state index contributed by atoms with van der Waals surface area (Å²) in [6.45, 7) is 0. The summed E-state index contributed by atoms with van der Waals surface area (Å²) in [7, 11) is 0. The lowest BCUT2D eigenvalue weighted by Gasteiger charge is -2.15. The molecule has 0 saturated heterocycles. The van der Waals surface area contributed by atoms with Crippen molar-refractivity contribution in [3.05, 3.63) is 78.0 Å². The van der Waals surface area contributed by atoms with Crippen LogP contribution < -0.4 is 11.1 Å². The first kappa shape index (κ1) is 15.7. The van der Waals surface area contributed by atoms with E-state index in [1.54, 1.807) is 24.3 Å². The molecule has 3 aromatic rings. The molecule has 3 rings (SSSR count). The normalized spacial score (nSPS) is 11.8. The number of fused-ring (bicyclic) bond motifs is 1. The smallest absolute Gasteiger partial charge is 0.251 e. The van der Waals surface area contributed by atoms with E-state index in [-0.39, 0.29) is 12.3 Å². The van der Waals surface area contributed by atoms with Crippen molar-refractivity contribution in [2.24, 2.45) is 5.73 Å². The lowest BCUT2D eigenvalue weighted by molar-refractivity contribution is -0.119. The average Bonchev–Trinajstić information content (AvgIpc) is 2.61. The fraction of sp³-hybridized carbons (Fsp3) is 0.105. The zero-order valence-corrected chi connectivity index (χ0v) is 13.0. The molecule has 3 N–H and O–H groups in total. The minimum Gasteiger partial charge on any atom is -0.368 e. The molecule has 0 bridgehead atoms. The van der Waals surface area contributed by atoms with Crippen LogP contribution in [-0.2, 0) is 11.2 Å². The Kier molecular flexibility index (Phi) is 4.52. The third kappa shape index (κ3) is 3.57. The van der Waals surface area contributed by atoms with Gasteiger partial charge in [-0.1, -0.05) is 42.5 Å². The summed E-state index contributed by atoms with van der Waals surface area (Å²) in [6.07, 6.45) is 0.249. The Hall–Kier alpha value is -3.21. The summed E-state index contributed by atoms with van der Waals surface area (Å²) in [5.41, 5.74) is 7.46. The van der Waals surface area contributed by atoms with Gasteiger partial charge in [-0.15, -0.1) is 0 Å². The fourth-order valence-electron chi connectivity index (χ4n) is 2.48. The molecule has 5 heteroatoms. The maximum atomic E-state index is 12.2. The number of amides is 2. The maximum Gasteiger partial charge on any atom is 0.251 e. The molecule has 1 atom stereocenters. The summed E-state index contributed by atoms with van der Waals surface area (Å²) in [6, 6.07) is 19.4. The molecule has 0 unspecified atom stereocenters. The number of hydrogen-bond acceptors (Lipinski definition) is 3. The molecular formula is C19H17N3O2. The first-order chi connectivity index (χ1) is 11.6. The van der Waals surface area contributed by atoms with Crippen LogP contribution in [0.5, 0.6) is 0 Å². The Morgan fingerprint density at radius 1 is 0.958 bits per heavy atom. The van der Waals surface area contributed by atoms with Gasteiger partial charge in [0.25, 0.3) is 5.91 Å². The zero-order valence-electron chi connectivity index (χ0n) is 13.0. The van der Waals surface area contributed by atoms with Crippen LogP contribution in [0.15, 0.2) is 66.7 Å². The van der Waals surface area contributed by atoms with Gasteiger partial charge in [0.05, 0.1) is 5.52 Å². The van der Waals surface area contributed by atoms with Crippen LogP contribution in [0.3, 0.4) is 0 Å². The molecule has 0 aliphatic heterocycles. The Bertz CT molecular complexity index is 878. The van der Waals surface area contributed by atoms with E-state index < -0.39 is 11.9 Å². The number of nitrogens with two attached hydrogens (primary N) is 1. The summed E-state index contributed by atoms with van der Waals surface area (Å²) in [4.78, 5) is 28.5. The van der Waals surface area contributed by atoms with E-state index in [4.69, 9.17) is 5.73 Å². The minimum atomic E-state index is -0.814. The molecule has 2 amide bonds. The molecule has 0 radical (unpaired) electrons. The fourth-order valence-corrected chi connectivity index (χ4v) is 2.48. The molecule has 0 fully saturated rings. The summed E-state index contributed by atoms with van der Waals surface area (Å²) < 4.78 is 0. The zero-order chi connectivity index (χ0) is 16.9. The third-order valence-electron chi connectivity index (χ3n) is 3.75. The Balaban J connectivity index is 1.78. The van der Waals surface area contributed by atoms with E-state index in [1.807, 2.05) is 42.5 Å². The predicted octanol–water partition coefficient (Wildman–Crippen LogP) is 2.06. The average molecular weight is 319 g/mol. The Labute approximate surface area is 139 Å². The van der Waals surface area contributed by atoms with Crippen molar-refractivity contribution in [1.29, 1.82) is 0 Å². The second kappa shape index (κ2) is 6.91. The number of benzene rings is 2. The van der Waals surface area contributed by atoms with E-state index in [9.17, 15) is 9.59 Å². The Morgan fingerprint density at radius 3 is 2.42 bits per heavy atom. The van der Waals surface area contributed by atoms with Crippen molar-refractivity contribution in [2.45, 2.75) is 12.5 Å². The first-order valence-electron chi connectivity index (χ1n) is 7.63. The van der Waals surface area contributed by atoms with E-state index in [0.717, 1.165) is 10.9 Å². The van der Waals surface area contributed by atoms with Gasteiger partial charge < -0.3 is 11.1 Å². The van der Waals surface area contributed by atoms with Crippen molar-refractivity contribution >= 4 is 22.7 Å². The maximum absolute atomic E-state index is 12.2.